The molecule has 1 aliphatic rings. The average molecular weight is 832 g/mol. The molecule has 5 nitrogen and oxygen atoms in total. The standard InChI is InChI=1S/C60H41N5/c1-60(2)49-31-15-11-29-47(49)54-48(30-19-32-50(54)60)58-61-57(39-22-7-4-8-23-39)62-59(63-58)65-53-35-18-14-28-44(53)46-37-36-45-43-27-13-17-34-52(43)64(55(45)56(46)65)51-33-16-12-26-42(51)41-25-10-9-24-40(41)38-20-5-3-6-21-38/h3-37H,1-2H3. The van der Waals surface area contributed by atoms with Crippen LogP contribution in [0.25, 0.3) is 111 Å². The number of rotatable bonds is 6. The van der Waals surface area contributed by atoms with Gasteiger partial charge < -0.3 is 4.57 Å². The van der Waals surface area contributed by atoms with Gasteiger partial charge in [-0.2, -0.15) is 9.97 Å². The largest absolute Gasteiger partial charge is 0.307 e. The second-order valence-electron chi connectivity index (χ2n) is 17.5. The molecule has 0 saturated carbocycles. The fraction of sp³-hybridized carbons (Fsp3) is 0.0500. The highest BCUT2D eigenvalue weighted by Crippen LogP contribution is 2.52. The Morgan fingerprint density at radius 1 is 0.338 bits per heavy atom. The summed E-state index contributed by atoms with van der Waals surface area (Å²) in [7, 11) is 0. The van der Waals surface area contributed by atoms with E-state index in [-0.39, 0.29) is 5.41 Å². The first-order valence-corrected chi connectivity index (χ1v) is 22.3. The maximum absolute atomic E-state index is 5.58. The molecule has 0 amide bonds. The zero-order valence-corrected chi connectivity index (χ0v) is 35.9. The molecule has 9 aromatic carbocycles. The normalized spacial score (nSPS) is 12.9. The van der Waals surface area contributed by atoms with Crippen LogP contribution in [0.15, 0.2) is 212 Å². The van der Waals surface area contributed by atoms with Gasteiger partial charge in [0.25, 0.3) is 0 Å². The van der Waals surface area contributed by atoms with Crippen molar-refractivity contribution in [3.63, 3.8) is 0 Å². The first-order valence-electron chi connectivity index (χ1n) is 22.3. The molecule has 0 radical (unpaired) electrons. The van der Waals surface area contributed by atoms with Crippen molar-refractivity contribution in [2.24, 2.45) is 0 Å². The quantitative estimate of drug-likeness (QED) is 0.168. The Morgan fingerprint density at radius 3 is 1.57 bits per heavy atom. The lowest BCUT2D eigenvalue weighted by atomic mass is 9.82. The van der Waals surface area contributed by atoms with E-state index in [2.05, 4.69) is 217 Å². The highest BCUT2D eigenvalue weighted by molar-refractivity contribution is 6.24. The average Bonchev–Trinajstić information content (AvgIpc) is 3.97. The molecule has 3 aromatic heterocycles. The van der Waals surface area contributed by atoms with Crippen LogP contribution in [0.2, 0.25) is 0 Å². The van der Waals surface area contributed by atoms with Gasteiger partial charge in [-0.3, -0.25) is 4.57 Å². The van der Waals surface area contributed by atoms with Gasteiger partial charge in [0.1, 0.15) is 0 Å². The van der Waals surface area contributed by atoms with E-state index in [0.717, 1.165) is 60.6 Å². The summed E-state index contributed by atoms with van der Waals surface area (Å²) >= 11 is 0. The molecule has 65 heavy (non-hydrogen) atoms. The molecule has 12 aromatic rings. The van der Waals surface area contributed by atoms with Crippen molar-refractivity contribution in [3.8, 4) is 67.8 Å². The lowest BCUT2D eigenvalue weighted by Crippen LogP contribution is -2.14. The molecule has 0 spiro atoms. The first kappa shape index (κ1) is 37.2. The number of aromatic nitrogens is 5. The van der Waals surface area contributed by atoms with E-state index in [1.54, 1.807) is 0 Å². The van der Waals surface area contributed by atoms with Crippen molar-refractivity contribution >= 4 is 43.6 Å². The summed E-state index contributed by atoms with van der Waals surface area (Å²) in [4.78, 5) is 16.4. The zero-order chi connectivity index (χ0) is 43.2. The number of fused-ring (bicyclic) bond motifs is 10. The second kappa shape index (κ2) is 14.3. The molecule has 0 bridgehead atoms. The molecule has 0 aliphatic heterocycles. The van der Waals surface area contributed by atoms with E-state index < -0.39 is 0 Å². The monoisotopic (exact) mass is 831 g/mol. The summed E-state index contributed by atoms with van der Waals surface area (Å²) in [5.74, 6) is 1.82. The smallest absolute Gasteiger partial charge is 0.238 e. The predicted octanol–water partition coefficient (Wildman–Crippen LogP) is 15.0. The van der Waals surface area contributed by atoms with Crippen LogP contribution in [0, 0.1) is 0 Å². The van der Waals surface area contributed by atoms with Gasteiger partial charge >= 0.3 is 0 Å². The molecule has 13 rings (SSSR count). The van der Waals surface area contributed by atoms with Crippen LogP contribution < -0.4 is 0 Å². The van der Waals surface area contributed by atoms with E-state index in [4.69, 9.17) is 15.0 Å². The molecule has 0 saturated heterocycles. The summed E-state index contributed by atoms with van der Waals surface area (Å²) in [6.07, 6.45) is 0. The van der Waals surface area contributed by atoms with Crippen molar-refractivity contribution in [1.82, 2.24) is 24.1 Å². The van der Waals surface area contributed by atoms with Crippen molar-refractivity contribution < 1.29 is 0 Å². The molecule has 3 heterocycles. The molecular weight excluding hydrogens is 791 g/mol. The molecular formula is C60H41N5. The molecule has 0 atom stereocenters. The summed E-state index contributed by atoms with van der Waals surface area (Å²) in [5, 5.41) is 4.58. The third-order valence-corrected chi connectivity index (χ3v) is 13.6. The Bertz CT molecular complexity index is 3860. The number of hydrogen-bond acceptors (Lipinski definition) is 3. The van der Waals surface area contributed by atoms with Crippen molar-refractivity contribution in [3.05, 3.63) is 223 Å². The fourth-order valence-electron chi connectivity index (χ4n) is 10.7. The molecule has 0 N–H and O–H groups in total. The van der Waals surface area contributed by atoms with Crippen molar-refractivity contribution in [2.45, 2.75) is 19.3 Å². The van der Waals surface area contributed by atoms with Crippen LogP contribution in [-0.4, -0.2) is 24.1 Å². The van der Waals surface area contributed by atoms with Crippen LogP contribution >= 0.6 is 0 Å². The van der Waals surface area contributed by atoms with Gasteiger partial charge in [0.05, 0.1) is 27.8 Å². The molecule has 306 valence electrons. The maximum Gasteiger partial charge on any atom is 0.238 e. The first-order chi connectivity index (χ1) is 32.0. The van der Waals surface area contributed by atoms with E-state index in [1.807, 2.05) is 18.2 Å². The SMILES string of the molecule is CC1(C)c2ccccc2-c2c(-c3nc(-c4ccccc4)nc(-n4c5ccccc5c5ccc6c7ccccc7n(-c7ccccc7-c7ccccc7-c7ccccc7)c6c54)n3)cccc21. The van der Waals surface area contributed by atoms with Gasteiger partial charge in [-0.05, 0) is 57.1 Å². The lowest BCUT2D eigenvalue weighted by Gasteiger charge is -2.21. The summed E-state index contributed by atoms with van der Waals surface area (Å²) in [6, 6.07) is 76.0. The zero-order valence-electron chi connectivity index (χ0n) is 35.9. The Kier molecular flexibility index (Phi) is 8.18. The Morgan fingerprint density at radius 2 is 0.846 bits per heavy atom. The van der Waals surface area contributed by atoms with E-state index in [1.165, 1.54) is 44.3 Å². The van der Waals surface area contributed by atoms with Crippen LogP contribution in [-0.2, 0) is 5.41 Å². The molecule has 1 aliphatic carbocycles. The lowest BCUT2D eigenvalue weighted by molar-refractivity contribution is 0.660. The fourth-order valence-corrected chi connectivity index (χ4v) is 10.7. The van der Waals surface area contributed by atoms with Crippen LogP contribution in [0.1, 0.15) is 25.0 Å². The Hall–Kier alpha value is -8.41. The van der Waals surface area contributed by atoms with Gasteiger partial charge in [0.2, 0.25) is 5.95 Å². The van der Waals surface area contributed by atoms with Crippen molar-refractivity contribution in [2.75, 3.05) is 0 Å². The second-order valence-corrected chi connectivity index (χ2v) is 17.5. The number of nitrogens with zero attached hydrogens (tertiary/aromatic N) is 5. The predicted molar refractivity (Wildman–Crippen MR) is 268 cm³/mol. The topological polar surface area (TPSA) is 48.5 Å². The van der Waals surface area contributed by atoms with Crippen LogP contribution in [0.3, 0.4) is 0 Å². The Balaban J connectivity index is 1.15. The van der Waals surface area contributed by atoms with Gasteiger partial charge in [0, 0.05) is 43.7 Å². The Labute approximate surface area is 376 Å². The summed E-state index contributed by atoms with van der Waals surface area (Å²) in [6.45, 7) is 4.63. The minimum atomic E-state index is -0.177. The third kappa shape index (κ3) is 5.55. The summed E-state index contributed by atoms with van der Waals surface area (Å²) < 4.78 is 4.77. The summed E-state index contributed by atoms with van der Waals surface area (Å²) in [5.41, 5.74) is 16.8. The van der Waals surface area contributed by atoms with Gasteiger partial charge in [-0.15, -0.1) is 0 Å². The van der Waals surface area contributed by atoms with Gasteiger partial charge in [-0.25, -0.2) is 4.98 Å². The minimum Gasteiger partial charge on any atom is -0.307 e. The third-order valence-electron chi connectivity index (χ3n) is 13.6. The number of hydrogen-bond donors (Lipinski definition) is 0. The molecule has 0 fully saturated rings. The minimum absolute atomic E-state index is 0.177. The van der Waals surface area contributed by atoms with Gasteiger partial charge in [-0.1, -0.05) is 208 Å². The van der Waals surface area contributed by atoms with Crippen molar-refractivity contribution in [1.29, 1.82) is 0 Å². The van der Waals surface area contributed by atoms with E-state index >= 15 is 0 Å². The molecule has 5 heteroatoms. The molecule has 0 unspecified atom stereocenters. The van der Waals surface area contributed by atoms with E-state index in [0.29, 0.717) is 17.6 Å². The van der Waals surface area contributed by atoms with Crippen LogP contribution in [0.5, 0.6) is 0 Å². The van der Waals surface area contributed by atoms with E-state index in [9.17, 15) is 0 Å². The highest BCUT2D eigenvalue weighted by atomic mass is 15.2. The highest BCUT2D eigenvalue weighted by Gasteiger charge is 2.37. The number of benzene rings is 9. The maximum atomic E-state index is 5.58. The van der Waals surface area contributed by atoms with Crippen LogP contribution in [0.4, 0.5) is 0 Å². The number of para-hydroxylation sites is 3. The van der Waals surface area contributed by atoms with Gasteiger partial charge in [0.15, 0.2) is 11.6 Å².